The number of benzene rings is 3. The minimum Gasteiger partial charge on any atom is -0.496 e. The lowest BCUT2D eigenvalue weighted by Crippen LogP contribution is -2.21. The molecule has 3 aromatic rings. The molecule has 0 amide bonds. The van der Waals surface area contributed by atoms with Gasteiger partial charge in [-0.3, -0.25) is 0 Å². The SMILES string of the molecule is CCCCCC(C)(O)c1cccc(OCc2c(OC)ccc3ccccc23)c1. The Labute approximate surface area is 167 Å². The first-order chi connectivity index (χ1) is 13.5. The Morgan fingerprint density at radius 3 is 2.57 bits per heavy atom. The minimum atomic E-state index is -0.842. The van der Waals surface area contributed by atoms with Crippen LogP contribution in [0.4, 0.5) is 0 Å². The maximum atomic E-state index is 10.9. The van der Waals surface area contributed by atoms with E-state index in [0.717, 1.165) is 59.1 Å². The van der Waals surface area contributed by atoms with Crippen molar-refractivity contribution in [3.8, 4) is 11.5 Å². The molecule has 0 aliphatic heterocycles. The first-order valence-electron chi connectivity index (χ1n) is 10.1. The average molecular weight is 379 g/mol. The largest absolute Gasteiger partial charge is 0.496 e. The number of methoxy groups -OCH3 is 1. The maximum absolute atomic E-state index is 10.9. The van der Waals surface area contributed by atoms with E-state index in [1.807, 2.05) is 49.4 Å². The highest BCUT2D eigenvalue weighted by atomic mass is 16.5. The van der Waals surface area contributed by atoms with E-state index in [0.29, 0.717) is 6.61 Å². The first kappa shape index (κ1) is 20.2. The summed E-state index contributed by atoms with van der Waals surface area (Å²) in [5.41, 5.74) is 1.08. The first-order valence-corrected chi connectivity index (χ1v) is 10.1. The van der Waals surface area contributed by atoms with Crippen LogP contribution in [0.3, 0.4) is 0 Å². The molecule has 3 nitrogen and oxygen atoms in total. The van der Waals surface area contributed by atoms with Crippen molar-refractivity contribution in [3.05, 3.63) is 71.8 Å². The smallest absolute Gasteiger partial charge is 0.126 e. The molecule has 1 atom stereocenters. The molecule has 0 bridgehead atoms. The van der Waals surface area contributed by atoms with Crippen molar-refractivity contribution in [1.82, 2.24) is 0 Å². The van der Waals surface area contributed by atoms with Crippen molar-refractivity contribution in [3.63, 3.8) is 0 Å². The molecular formula is C25H30O3. The second kappa shape index (κ2) is 9.11. The number of aliphatic hydroxyl groups is 1. The third-order valence-electron chi connectivity index (χ3n) is 5.32. The zero-order valence-corrected chi connectivity index (χ0v) is 17.1. The van der Waals surface area contributed by atoms with Gasteiger partial charge in [-0.15, -0.1) is 0 Å². The van der Waals surface area contributed by atoms with Crippen LogP contribution in [0.5, 0.6) is 11.5 Å². The van der Waals surface area contributed by atoms with Crippen molar-refractivity contribution >= 4 is 10.8 Å². The van der Waals surface area contributed by atoms with E-state index in [1.165, 1.54) is 0 Å². The van der Waals surface area contributed by atoms with Gasteiger partial charge in [-0.25, -0.2) is 0 Å². The molecule has 0 fully saturated rings. The van der Waals surface area contributed by atoms with Crippen molar-refractivity contribution < 1.29 is 14.6 Å². The third-order valence-corrected chi connectivity index (χ3v) is 5.32. The molecule has 0 aromatic heterocycles. The topological polar surface area (TPSA) is 38.7 Å². The van der Waals surface area contributed by atoms with Crippen LogP contribution in [0, 0.1) is 0 Å². The van der Waals surface area contributed by atoms with Crippen LogP contribution in [0.25, 0.3) is 10.8 Å². The summed E-state index contributed by atoms with van der Waals surface area (Å²) in [5.74, 6) is 1.57. The second-order valence-electron chi connectivity index (χ2n) is 7.51. The number of rotatable bonds is 9. The number of hydrogen-bond donors (Lipinski definition) is 1. The van der Waals surface area contributed by atoms with E-state index in [9.17, 15) is 5.11 Å². The number of hydrogen-bond acceptors (Lipinski definition) is 3. The van der Waals surface area contributed by atoms with E-state index in [4.69, 9.17) is 9.47 Å². The Hall–Kier alpha value is -2.52. The van der Waals surface area contributed by atoms with E-state index in [-0.39, 0.29) is 0 Å². The molecule has 1 N–H and O–H groups in total. The molecule has 0 aliphatic rings. The Bertz CT molecular complexity index is 915. The van der Waals surface area contributed by atoms with Gasteiger partial charge in [0.2, 0.25) is 0 Å². The van der Waals surface area contributed by atoms with Gasteiger partial charge in [0.1, 0.15) is 18.1 Å². The van der Waals surface area contributed by atoms with E-state index in [2.05, 4.69) is 25.1 Å². The lowest BCUT2D eigenvalue weighted by molar-refractivity contribution is 0.0447. The van der Waals surface area contributed by atoms with Gasteiger partial charge in [0.05, 0.1) is 12.7 Å². The van der Waals surface area contributed by atoms with E-state index >= 15 is 0 Å². The quantitative estimate of drug-likeness (QED) is 0.450. The summed E-state index contributed by atoms with van der Waals surface area (Å²) in [5, 5.41) is 13.2. The highest BCUT2D eigenvalue weighted by molar-refractivity contribution is 5.87. The van der Waals surface area contributed by atoms with E-state index < -0.39 is 5.60 Å². The molecule has 28 heavy (non-hydrogen) atoms. The van der Waals surface area contributed by atoms with Gasteiger partial charge in [0, 0.05) is 5.56 Å². The summed E-state index contributed by atoms with van der Waals surface area (Å²) in [7, 11) is 1.68. The van der Waals surface area contributed by atoms with Crippen LogP contribution in [-0.2, 0) is 12.2 Å². The zero-order valence-electron chi connectivity index (χ0n) is 17.1. The minimum absolute atomic E-state index is 0.409. The molecule has 148 valence electrons. The van der Waals surface area contributed by atoms with Crippen LogP contribution in [0.15, 0.2) is 60.7 Å². The van der Waals surface area contributed by atoms with E-state index in [1.54, 1.807) is 7.11 Å². The fourth-order valence-corrected chi connectivity index (χ4v) is 3.60. The zero-order chi connectivity index (χ0) is 20.0. The highest BCUT2D eigenvalue weighted by Crippen LogP contribution is 2.32. The van der Waals surface area contributed by atoms with Gasteiger partial charge in [-0.2, -0.15) is 0 Å². The van der Waals surface area contributed by atoms with Crippen molar-refractivity contribution in [2.75, 3.05) is 7.11 Å². The summed E-state index contributed by atoms with van der Waals surface area (Å²) in [4.78, 5) is 0. The fourth-order valence-electron chi connectivity index (χ4n) is 3.60. The summed E-state index contributed by atoms with van der Waals surface area (Å²) in [6.07, 6.45) is 4.04. The summed E-state index contributed by atoms with van der Waals surface area (Å²) in [6, 6.07) is 20.1. The maximum Gasteiger partial charge on any atom is 0.126 e. The molecule has 3 rings (SSSR count). The molecular weight excluding hydrogens is 348 g/mol. The summed E-state index contributed by atoms with van der Waals surface area (Å²) in [6.45, 7) is 4.46. The molecule has 1 unspecified atom stereocenters. The molecule has 0 saturated heterocycles. The standard InChI is InChI=1S/C25H30O3/c1-4-5-8-16-25(2,26)20-11-9-12-21(17-20)28-18-23-22-13-7-6-10-19(22)14-15-24(23)27-3/h6-7,9-15,17,26H,4-5,8,16,18H2,1-3H3. The lowest BCUT2D eigenvalue weighted by atomic mass is 9.90. The molecule has 0 saturated carbocycles. The predicted molar refractivity (Wildman–Crippen MR) is 115 cm³/mol. The lowest BCUT2D eigenvalue weighted by Gasteiger charge is -2.24. The van der Waals surface area contributed by atoms with Crippen molar-refractivity contribution in [2.45, 2.75) is 51.7 Å². The van der Waals surface area contributed by atoms with Gasteiger partial charge in [0.15, 0.2) is 0 Å². The molecule has 0 radical (unpaired) electrons. The van der Waals surface area contributed by atoms with Gasteiger partial charge in [0.25, 0.3) is 0 Å². The van der Waals surface area contributed by atoms with Crippen LogP contribution in [0.2, 0.25) is 0 Å². The van der Waals surface area contributed by atoms with Crippen molar-refractivity contribution in [2.24, 2.45) is 0 Å². The van der Waals surface area contributed by atoms with Gasteiger partial charge < -0.3 is 14.6 Å². The molecule has 3 heteroatoms. The van der Waals surface area contributed by atoms with Crippen LogP contribution in [0.1, 0.15) is 50.7 Å². The van der Waals surface area contributed by atoms with Gasteiger partial charge >= 0.3 is 0 Å². The van der Waals surface area contributed by atoms with Crippen molar-refractivity contribution in [1.29, 1.82) is 0 Å². The molecule has 0 aliphatic carbocycles. The van der Waals surface area contributed by atoms with Crippen LogP contribution in [-0.4, -0.2) is 12.2 Å². The van der Waals surface area contributed by atoms with Crippen LogP contribution >= 0.6 is 0 Å². The van der Waals surface area contributed by atoms with Gasteiger partial charge in [-0.05, 0) is 47.9 Å². The normalized spacial score (nSPS) is 13.3. The second-order valence-corrected chi connectivity index (χ2v) is 7.51. The highest BCUT2D eigenvalue weighted by Gasteiger charge is 2.22. The van der Waals surface area contributed by atoms with Gasteiger partial charge in [-0.1, -0.05) is 68.7 Å². The Morgan fingerprint density at radius 2 is 1.79 bits per heavy atom. The number of ether oxygens (including phenoxy) is 2. The monoisotopic (exact) mass is 378 g/mol. The Kier molecular flexibility index (Phi) is 6.58. The third kappa shape index (κ3) is 4.66. The fraction of sp³-hybridized carbons (Fsp3) is 0.360. The number of unbranched alkanes of at least 4 members (excludes halogenated alkanes) is 2. The summed E-state index contributed by atoms with van der Waals surface area (Å²) < 4.78 is 11.7. The average Bonchev–Trinajstić information content (AvgIpc) is 2.72. The Balaban J connectivity index is 1.80. The molecule has 3 aromatic carbocycles. The Morgan fingerprint density at radius 1 is 0.964 bits per heavy atom. The van der Waals surface area contributed by atoms with Crippen LogP contribution < -0.4 is 9.47 Å². The molecule has 0 spiro atoms. The molecule has 0 heterocycles. The summed E-state index contributed by atoms with van der Waals surface area (Å²) >= 11 is 0. The predicted octanol–water partition coefficient (Wildman–Crippen LogP) is 6.22. The number of fused-ring (bicyclic) bond motifs is 1.